The van der Waals surface area contributed by atoms with Crippen LogP contribution in [0.1, 0.15) is 5.56 Å². The Hall–Kier alpha value is -1.46. The summed E-state index contributed by atoms with van der Waals surface area (Å²) >= 11 is 12.0. The van der Waals surface area contributed by atoms with Crippen molar-refractivity contribution in [3.8, 4) is 5.75 Å². The van der Waals surface area contributed by atoms with E-state index >= 15 is 0 Å². The maximum atomic E-state index is 10.3. The summed E-state index contributed by atoms with van der Waals surface area (Å²) in [6, 6.07) is 13.4. The predicted molar refractivity (Wildman–Crippen MR) is 108 cm³/mol. The zero-order valence-electron chi connectivity index (χ0n) is 14.9. The Bertz CT molecular complexity index is 734. The quantitative estimate of drug-likeness (QED) is 0.806. The minimum atomic E-state index is -0.525. The number of halogens is 2. The molecule has 1 aliphatic rings. The van der Waals surface area contributed by atoms with Gasteiger partial charge in [-0.2, -0.15) is 0 Å². The van der Waals surface area contributed by atoms with E-state index in [0.29, 0.717) is 11.6 Å². The minimum absolute atomic E-state index is 0.275. The summed E-state index contributed by atoms with van der Waals surface area (Å²) in [5, 5.41) is 11.8. The molecular weight excluding hydrogens is 371 g/mol. The van der Waals surface area contributed by atoms with Crippen molar-refractivity contribution >= 4 is 28.9 Å². The Labute approximate surface area is 164 Å². The number of anilines is 1. The summed E-state index contributed by atoms with van der Waals surface area (Å²) in [5.74, 6) is 0.763. The van der Waals surface area contributed by atoms with Crippen LogP contribution in [0.5, 0.6) is 5.75 Å². The molecule has 1 atom stereocenters. The van der Waals surface area contributed by atoms with Crippen molar-refractivity contribution in [2.24, 2.45) is 0 Å². The second-order valence-electron chi connectivity index (χ2n) is 6.64. The number of β-amino-alcohol motifs (C(OH)–C–C–N with tert-alkyl or cyclic N) is 1. The van der Waals surface area contributed by atoms with Crippen LogP contribution >= 0.6 is 23.2 Å². The number of hydrogen-bond donors (Lipinski definition) is 1. The second kappa shape index (κ2) is 8.96. The Morgan fingerprint density at radius 3 is 2.46 bits per heavy atom. The van der Waals surface area contributed by atoms with E-state index in [4.69, 9.17) is 27.9 Å². The number of hydrogen-bond acceptors (Lipinski definition) is 4. The van der Waals surface area contributed by atoms with Gasteiger partial charge in [0.15, 0.2) is 0 Å². The molecule has 140 valence electrons. The molecule has 0 spiro atoms. The van der Waals surface area contributed by atoms with Crippen molar-refractivity contribution < 1.29 is 9.84 Å². The Kier molecular flexibility index (Phi) is 6.65. The van der Waals surface area contributed by atoms with Gasteiger partial charge in [0.25, 0.3) is 0 Å². The van der Waals surface area contributed by atoms with Crippen LogP contribution in [-0.4, -0.2) is 55.4 Å². The van der Waals surface area contributed by atoms with E-state index in [9.17, 15) is 5.11 Å². The molecule has 1 unspecified atom stereocenters. The number of benzene rings is 2. The van der Waals surface area contributed by atoms with Gasteiger partial charge >= 0.3 is 0 Å². The van der Waals surface area contributed by atoms with Crippen molar-refractivity contribution in [2.45, 2.75) is 13.0 Å². The molecule has 6 heteroatoms. The van der Waals surface area contributed by atoms with E-state index < -0.39 is 6.10 Å². The zero-order chi connectivity index (χ0) is 18.5. The summed E-state index contributed by atoms with van der Waals surface area (Å²) in [6.45, 7) is 6.48. The summed E-state index contributed by atoms with van der Waals surface area (Å²) in [5.41, 5.74) is 2.12. The predicted octanol–water partition coefficient (Wildman–Crippen LogP) is 3.86. The molecule has 4 nitrogen and oxygen atoms in total. The van der Waals surface area contributed by atoms with Gasteiger partial charge in [0.2, 0.25) is 0 Å². The van der Waals surface area contributed by atoms with Crippen LogP contribution in [0.15, 0.2) is 42.5 Å². The standard InChI is InChI=1S/C20H24Cl2N2O2/c1-15-11-17(22)5-6-20(15)26-14-19(25)13-23-7-9-24(10-8-23)18-4-2-3-16(21)12-18/h2-6,11-12,19,25H,7-10,13-14H2,1H3. The number of aliphatic hydroxyl groups excluding tert-OH is 1. The third kappa shape index (κ3) is 5.27. The van der Waals surface area contributed by atoms with Gasteiger partial charge in [-0.15, -0.1) is 0 Å². The number of piperazine rings is 1. The lowest BCUT2D eigenvalue weighted by molar-refractivity contribution is 0.0661. The molecule has 0 bridgehead atoms. The van der Waals surface area contributed by atoms with Gasteiger partial charge in [-0.3, -0.25) is 4.90 Å². The van der Waals surface area contributed by atoms with Crippen molar-refractivity contribution in [3.63, 3.8) is 0 Å². The Morgan fingerprint density at radius 1 is 1.04 bits per heavy atom. The fourth-order valence-electron chi connectivity index (χ4n) is 3.17. The fraction of sp³-hybridized carbons (Fsp3) is 0.400. The van der Waals surface area contributed by atoms with E-state index in [1.54, 1.807) is 6.07 Å². The molecule has 0 aliphatic carbocycles. The highest BCUT2D eigenvalue weighted by Gasteiger charge is 2.20. The molecule has 3 rings (SSSR count). The summed E-state index contributed by atoms with van der Waals surface area (Å²) in [7, 11) is 0. The lowest BCUT2D eigenvalue weighted by Gasteiger charge is -2.36. The summed E-state index contributed by atoms with van der Waals surface area (Å²) in [6.07, 6.45) is -0.525. The van der Waals surface area contributed by atoms with Crippen LogP contribution < -0.4 is 9.64 Å². The largest absolute Gasteiger partial charge is 0.491 e. The minimum Gasteiger partial charge on any atom is -0.491 e. The number of rotatable bonds is 6. The number of nitrogens with zero attached hydrogens (tertiary/aromatic N) is 2. The number of ether oxygens (including phenoxy) is 1. The normalized spacial score (nSPS) is 16.5. The molecule has 0 saturated carbocycles. The van der Waals surface area contributed by atoms with Gasteiger partial charge < -0.3 is 14.7 Å². The summed E-state index contributed by atoms with van der Waals surface area (Å²) < 4.78 is 5.74. The molecule has 1 saturated heterocycles. The smallest absolute Gasteiger partial charge is 0.122 e. The fourth-order valence-corrected chi connectivity index (χ4v) is 3.58. The van der Waals surface area contributed by atoms with Gasteiger partial charge in [-0.25, -0.2) is 0 Å². The molecule has 1 fully saturated rings. The molecule has 2 aromatic rings. The van der Waals surface area contributed by atoms with Crippen molar-refractivity contribution in [1.29, 1.82) is 0 Å². The Balaban J connectivity index is 1.44. The first kappa shape index (κ1) is 19.3. The third-order valence-corrected chi connectivity index (χ3v) is 5.05. The first-order valence-electron chi connectivity index (χ1n) is 8.81. The first-order chi connectivity index (χ1) is 12.5. The van der Waals surface area contributed by atoms with Gasteiger partial charge in [0.05, 0.1) is 0 Å². The van der Waals surface area contributed by atoms with E-state index in [1.807, 2.05) is 37.3 Å². The van der Waals surface area contributed by atoms with Crippen LogP contribution in [0.25, 0.3) is 0 Å². The Morgan fingerprint density at radius 2 is 1.77 bits per heavy atom. The highest BCUT2D eigenvalue weighted by atomic mass is 35.5. The highest BCUT2D eigenvalue weighted by molar-refractivity contribution is 6.31. The molecular formula is C20H24Cl2N2O2. The van der Waals surface area contributed by atoms with Crippen LogP contribution in [0.2, 0.25) is 10.0 Å². The molecule has 2 aromatic carbocycles. The maximum Gasteiger partial charge on any atom is 0.122 e. The van der Waals surface area contributed by atoms with Crippen LogP contribution in [0.4, 0.5) is 5.69 Å². The zero-order valence-corrected chi connectivity index (χ0v) is 16.4. The van der Waals surface area contributed by atoms with E-state index in [0.717, 1.165) is 48.2 Å². The lowest BCUT2D eigenvalue weighted by Crippen LogP contribution is -2.49. The monoisotopic (exact) mass is 394 g/mol. The van der Waals surface area contributed by atoms with Gasteiger partial charge in [-0.1, -0.05) is 29.3 Å². The lowest BCUT2D eigenvalue weighted by atomic mass is 10.2. The van der Waals surface area contributed by atoms with Gasteiger partial charge in [0, 0.05) is 48.5 Å². The SMILES string of the molecule is Cc1cc(Cl)ccc1OCC(O)CN1CCN(c2cccc(Cl)c2)CC1. The van der Waals surface area contributed by atoms with E-state index in [-0.39, 0.29) is 6.61 Å². The molecule has 26 heavy (non-hydrogen) atoms. The van der Waals surface area contributed by atoms with Gasteiger partial charge in [0.1, 0.15) is 18.5 Å². The van der Waals surface area contributed by atoms with Gasteiger partial charge in [-0.05, 0) is 48.9 Å². The van der Waals surface area contributed by atoms with Crippen molar-refractivity contribution in [1.82, 2.24) is 4.90 Å². The topological polar surface area (TPSA) is 35.9 Å². The van der Waals surface area contributed by atoms with Crippen LogP contribution in [0.3, 0.4) is 0 Å². The molecule has 1 N–H and O–H groups in total. The molecule has 1 heterocycles. The van der Waals surface area contributed by atoms with E-state index in [2.05, 4.69) is 15.9 Å². The highest BCUT2D eigenvalue weighted by Crippen LogP contribution is 2.22. The molecule has 0 amide bonds. The second-order valence-corrected chi connectivity index (χ2v) is 7.52. The average molecular weight is 395 g/mol. The average Bonchev–Trinajstić information content (AvgIpc) is 2.61. The molecule has 1 aliphatic heterocycles. The summed E-state index contributed by atoms with van der Waals surface area (Å²) in [4.78, 5) is 4.59. The first-order valence-corrected chi connectivity index (χ1v) is 9.57. The van der Waals surface area contributed by atoms with Crippen molar-refractivity contribution in [3.05, 3.63) is 58.1 Å². The molecule has 0 aromatic heterocycles. The number of aryl methyl sites for hydroxylation is 1. The van der Waals surface area contributed by atoms with Crippen LogP contribution in [-0.2, 0) is 0 Å². The number of aliphatic hydroxyl groups is 1. The van der Waals surface area contributed by atoms with Crippen LogP contribution in [0, 0.1) is 6.92 Å². The third-order valence-electron chi connectivity index (χ3n) is 4.58. The van der Waals surface area contributed by atoms with Crippen molar-refractivity contribution in [2.75, 3.05) is 44.2 Å². The maximum absolute atomic E-state index is 10.3. The van der Waals surface area contributed by atoms with E-state index in [1.165, 1.54) is 0 Å². The molecule has 0 radical (unpaired) electrons.